The first-order valence-electron chi connectivity index (χ1n) is 10.1. The minimum Gasteiger partial charge on any atom is -0.318 e. The molecule has 10 heteroatoms. The van der Waals surface area contributed by atoms with Gasteiger partial charge < -0.3 is 4.57 Å². The van der Waals surface area contributed by atoms with Gasteiger partial charge in [0.2, 0.25) is 11.2 Å². The SMILES string of the molecule is Cn1cc(-c2c(-c3ccccc3)[nH+]c(N)n3c(=O)n(Cc4ncccc4F)nc23)ccc1=O. The van der Waals surface area contributed by atoms with Gasteiger partial charge in [0, 0.05) is 36.6 Å². The van der Waals surface area contributed by atoms with Crippen molar-refractivity contribution in [3.63, 3.8) is 0 Å². The van der Waals surface area contributed by atoms with E-state index in [4.69, 9.17) is 5.73 Å². The minimum atomic E-state index is -0.547. The number of aromatic nitrogens is 6. The molecule has 0 fully saturated rings. The monoisotopic (exact) mass is 444 g/mol. The van der Waals surface area contributed by atoms with Crippen LogP contribution in [-0.4, -0.2) is 23.7 Å². The molecule has 0 unspecified atom stereocenters. The fourth-order valence-electron chi connectivity index (χ4n) is 3.76. The van der Waals surface area contributed by atoms with E-state index in [9.17, 15) is 14.0 Å². The smallest absolute Gasteiger partial charge is 0.318 e. The number of anilines is 1. The van der Waals surface area contributed by atoms with Gasteiger partial charge in [-0.25, -0.2) is 14.2 Å². The summed E-state index contributed by atoms with van der Waals surface area (Å²) in [6.45, 7) is -0.167. The van der Waals surface area contributed by atoms with Crippen LogP contribution in [0.1, 0.15) is 5.69 Å². The van der Waals surface area contributed by atoms with Gasteiger partial charge in [0.25, 0.3) is 0 Å². The number of nitrogens with zero attached hydrogens (tertiary/aromatic N) is 5. The predicted octanol–water partition coefficient (Wildman–Crippen LogP) is 1.51. The normalized spacial score (nSPS) is 11.2. The summed E-state index contributed by atoms with van der Waals surface area (Å²) in [4.78, 5) is 32.3. The third kappa shape index (κ3) is 3.47. The third-order valence-corrected chi connectivity index (χ3v) is 5.38. The molecular formula is C23H19FN7O2+. The van der Waals surface area contributed by atoms with Gasteiger partial charge in [0.05, 0.1) is 17.8 Å². The molecule has 0 bridgehead atoms. The molecule has 0 amide bonds. The number of nitrogens with two attached hydrogens (primary N) is 1. The molecule has 0 aliphatic heterocycles. The predicted molar refractivity (Wildman–Crippen MR) is 120 cm³/mol. The number of hydrogen-bond acceptors (Lipinski definition) is 5. The molecule has 164 valence electrons. The van der Waals surface area contributed by atoms with Gasteiger partial charge in [-0.3, -0.25) is 15.5 Å². The number of hydrogen-bond donors (Lipinski definition) is 1. The molecule has 5 rings (SSSR count). The standard InChI is InChI=1S/C23H18FN7O2/c1-29-12-15(9-10-18(29)32)19-20(14-6-3-2-4-7-14)27-22(25)31-21(19)28-30(23(31)33)13-17-16(24)8-5-11-26-17/h2-12H,13H2,1H3,(H2,25,27)/p+1. The highest BCUT2D eigenvalue weighted by atomic mass is 19.1. The van der Waals surface area contributed by atoms with E-state index in [0.717, 1.165) is 10.2 Å². The molecule has 4 aromatic heterocycles. The summed E-state index contributed by atoms with van der Waals surface area (Å²) in [6, 6.07) is 15.3. The lowest BCUT2D eigenvalue weighted by atomic mass is 10.0. The molecule has 1 aromatic carbocycles. The molecule has 0 radical (unpaired) electrons. The van der Waals surface area contributed by atoms with E-state index >= 15 is 0 Å². The van der Waals surface area contributed by atoms with Crippen molar-refractivity contribution >= 4 is 11.6 Å². The van der Waals surface area contributed by atoms with E-state index in [1.54, 1.807) is 19.3 Å². The molecule has 0 aliphatic rings. The maximum atomic E-state index is 14.2. The van der Waals surface area contributed by atoms with E-state index in [1.165, 1.54) is 33.4 Å². The molecule has 0 spiro atoms. The molecule has 0 atom stereocenters. The van der Waals surface area contributed by atoms with E-state index in [2.05, 4.69) is 15.1 Å². The number of H-pyrrole nitrogens is 1. The van der Waals surface area contributed by atoms with Gasteiger partial charge >= 0.3 is 11.6 Å². The lowest BCUT2D eigenvalue weighted by molar-refractivity contribution is -0.351. The van der Waals surface area contributed by atoms with Crippen molar-refractivity contribution in [2.75, 3.05) is 5.73 Å². The van der Waals surface area contributed by atoms with Crippen LogP contribution >= 0.6 is 0 Å². The summed E-state index contributed by atoms with van der Waals surface area (Å²) >= 11 is 0. The van der Waals surface area contributed by atoms with E-state index in [1.807, 2.05) is 30.3 Å². The Kier molecular flexibility index (Phi) is 4.82. The Morgan fingerprint density at radius 2 is 1.82 bits per heavy atom. The number of pyridine rings is 2. The first kappa shape index (κ1) is 20.3. The Balaban J connectivity index is 1.83. The van der Waals surface area contributed by atoms with Crippen LogP contribution in [0.15, 0.2) is 76.6 Å². The number of nitrogens with one attached hydrogen (secondary N) is 1. The molecule has 3 N–H and O–H groups in total. The van der Waals surface area contributed by atoms with Crippen LogP contribution in [-0.2, 0) is 13.6 Å². The molecule has 4 heterocycles. The van der Waals surface area contributed by atoms with Crippen molar-refractivity contribution in [2.45, 2.75) is 6.54 Å². The molecule has 5 aromatic rings. The average Bonchev–Trinajstić information content (AvgIpc) is 3.14. The van der Waals surface area contributed by atoms with Crippen molar-refractivity contribution in [1.82, 2.24) is 23.7 Å². The van der Waals surface area contributed by atoms with Crippen LogP contribution in [0.4, 0.5) is 10.3 Å². The Hall–Kier alpha value is -4.60. The fourth-order valence-corrected chi connectivity index (χ4v) is 3.76. The molecular weight excluding hydrogens is 425 g/mol. The lowest BCUT2D eigenvalue weighted by Gasteiger charge is -2.10. The van der Waals surface area contributed by atoms with Crippen LogP contribution < -0.4 is 22.0 Å². The van der Waals surface area contributed by atoms with Gasteiger partial charge in [-0.05, 0) is 18.2 Å². The average molecular weight is 444 g/mol. The Labute approximate surface area is 186 Å². The first-order chi connectivity index (χ1) is 15.9. The Morgan fingerprint density at radius 3 is 2.55 bits per heavy atom. The summed E-state index contributed by atoms with van der Waals surface area (Å²) in [5.74, 6) is -0.473. The molecule has 9 nitrogen and oxygen atoms in total. The van der Waals surface area contributed by atoms with E-state index in [0.29, 0.717) is 16.8 Å². The number of aryl methyl sites for hydroxylation is 1. The number of rotatable bonds is 4. The van der Waals surface area contributed by atoms with Crippen LogP contribution in [0.3, 0.4) is 0 Å². The van der Waals surface area contributed by atoms with Gasteiger partial charge in [-0.2, -0.15) is 4.68 Å². The van der Waals surface area contributed by atoms with Gasteiger partial charge in [-0.15, -0.1) is 9.50 Å². The lowest BCUT2D eigenvalue weighted by Crippen LogP contribution is -2.28. The minimum absolute atomic E-state index is 0.0650. The third-order valence-electron chi connectivity index (χ3n) is 5.38. The topological polar surface area (TPSA) is 114 Å². The molecule has 0 aliphatic carbocycles. The summed E-state index contributed by atoms with van der Waals surface area (Å²) in [7, 11) is 1.64. The number of fused-ring (bicyclic) bond motifs is 1. The highest BCUT2D eigenvalue weighted by Crippen LogP contribution is 2.31. The fraction of sp³-hybridized carbons (Fsp3) is 0.0870. The number of aromatic amines is 1. The van der Waals surface area contributed by atoms with Crippen molar-refractivity contribution < 1.29 is 9.37 Å². The van der Waals surface area contributed by atoms with Crippen molar-refractivity contribution in [2.24, 2.45) is 7.05 Å². The maximum absolute atomic E-state index is 14.2. The highest BCUT2D eigenvalue weighted by Gasteiger charge is 2.26. The highest BCUT2D eigenvalue weighted by molar-refractivity contribution is 5.88. The zero-order valence-corrected chi connectivity index (χ0v) is 17.6. The van der Waals surface area contributed by atoms with E-state index in [-0.39, 0.29) is 29.4 Å². The summed E-state index contributed by atoms with van der Waals surface area (Å²) in [5.41, 5.74) is 8.53. The van der Waals surface area contributed by atoms with Crippen LogP contribution in [0.2, 0.25) is 0 Å². The van der Waals surface area contributed by atoms with Gasteiger partial charge in [0.15, 0.2) is 0 Å². The van der Waals surface area contributed by atoms with Gasteiger partial charge in [-0.1, -0.05) is 30.3 Å². The van der Waals surface area contributed by atoms with Crippen LogP contribution in [0.5, 0.6) is 0 Å². The maximum Gasteiger partial charge on any atom is 0.411 e. The van der Waals surface area contributed by atoms with E-state index < -0.39 is 11.5 Å². The number of halogens is 1. The van der Waals surface area contributed by atoms with Crippen LogP contribution in [0.25, 0.3) is 28.0 Å². The zero-order chi connectivity index (χ0) is 23.1. The molecule has 0 saturated carbocycles. The first-order valence-corrected chi connectivity index (χ1v) is 10.1. The molecule has 33 heavy (non-hydrogen) atoms. The zero-order valence-electron chi connectivity index (χ0n) is 17.6. The largest absolute Gasteiger partial charge is 0.411 e. The second kappa shape index (κ2) is 7.83. The van der Waals surface area contributed by atoms with Crippen molar-refractivity contribution in [3.8, 4) is 22.4 Å². The number of nitrogen functional groups attached to an aromatic ring is 1. The quantitative estimate of drug-likeness (QED) is 0.451. The second-order valence-corrected chi connectivity index (χ2v) is 7.52. The van der Waals surface area contributed by atoms with Crippen LogP contribution in [0, 0.1) is 5.82 Å². The summed E-state index contributed by atoms with van der Waals surface area (Å²) in [5, 5.41) is 4.50. The van der Waals surface area contributed by atoms with Crippen molar-refractivity contribution in [1.29, 1.82) is 0 Å². The number of benzene rings is 1. The molecule has 0 saturated heterocycles. The second-order valence-electron chi connectivity index (χ2n) is 7.52. The van der Waals surface area contributed by atoms with Crippen molar-refractivity contribution in [3.05, 3.63) is 99.3 Å². The summed E-state index contributed by atoms with van der Waals surface area (Å²) in [6.07, 6.45) is 3.11. The van der Waals surface area contributed by atoms with Gasteiger partial charge in [0.1, 0.15) is 11.5 Å². The Morgan fingerprint density at radius 1 is 1.03 bits per heavy atom. The summed E-state index contributed by atoms with van der Waals surface area (Å²) < 4.78 is 18.0. The Bertz CT molecular complexity index is 1620.